The summed E-state index contributed by atoms with van der Waals surface area (Å²) in [4.78, 5) is 13.6. The predicted octanol–water partition coefficient (Wildman–Crippen LogP) is 3.92. The molecule has 10 heteroatoms. The second kappa shape index (κ2) is 9.92. The van der Waals surface area contributed by atoms with Crippen LogP contribution < -0.4 is 11.2 Å². The first-order chi connectivity index (χ1) is 15.5. The number of aromatic nitrogens is 3. The summed E-state index contributed by atoms with van der Waals surface area (Å²) in [5, 5.41) is 13.3. The Morgan fingerprint density at radius 3 is 2.59 bits per heavy atom. The molecule has 1 unspecified atom stereocenters. The molecule has 32 heavy (non-hydrogen) atoms. The molecule has 6 nitrogen and oxygen atoms in total. The molecule has 1 amide bonds. The van der Waals surface area contributed by atoms with E-state index >= 15 is 0 Å². The fourth-order valence-corrected chi connectivity index (χ4v) is 4.59. The molecule has 0 bridgehead atoms. The van der Waals surface area contributed by atoms with E-state index in [2.05, 4.69) is 15.5 Å². The highest BCUT2D eigenvalue weighted by Crippen LogP contribution is 2.27. The number of hydrogen-bond donors (Lipinski definition) is 2. The molecule has 4 rings (SSSR count). The van der Waals surface area contributed by atoms with E-state index in [0.717, 1.165) is 22.2 Å². The third-order valence-electron chi connectivity index (χ3n) is 4.71. The van der Waals surface area contributed by atoms with Crippen molar-refractivity contribution < 1.29 is 13.6 Å². The van der Waals surface area contributed by atoms with Crippen LogP contribution in [0.25, 0.3) is 0 Å². The number of benzene rings is 2. The average molecular weight is 472 g/mol. The van der Waals surface area contributed by atoms with Crippen molar-refractivity contribution in [2.24, 2.45) is 0 Å². The molecule has 0 spiro atoms. The normalized spacial score (nSPS) is 11.9. The van der Waals surface area contributed by atoms with Gasteiger partial charge in [-0.2, -0.15) is 0 Å². The van der Waals surface area contributed by atoms with Crippen molar-refractivity contribution in [3.8, 4) is 0 Å². The molecule has 0 aliphatic rings. The first kappa shape index (κ1) is 22.0. The van der Waals surface area contributed by atoms with Gasteiger partial charge in [0.25, 0.3) is 0 Å². The van der Waals surface area contributed by atoms with Crippen molar-refractivity contribution in [1.29, 1.82) is 0 Å². The summed E-state index contributed by atoms with van der Waals surface area (Å²) in [5.41, 5.74) is 1.24. The van der Waals surface area contributed by atoms with Crippen LogP contribution in [-0.4, -0.2) is 26.5 Å². The van der Waals surface area contributed by atoms with Crippen LogP contribution in [0.1, 0.15) is 27.9 Å². The maximum absolute atomic E-state index is 13.9. The molecule has 4 aromatic rings. The van der Waals surface area contributed by atoms with Gasteiger partial charge >= 0.3 is 0 Å². The Morgan fingerprint density at radius 2 is 1.88 bits per heavy atom. The standard InChI is InChI=1S/C22H19F2N5OS2/c23-16-9-7-14(8-10-16)21(18-6-3-11-31-18)26-20(30)13-32-22-28-27-19(29(22)25)12-15-4-1-2-5-17(15)24/h1-11,21H,12-13,25H2,(H,26,30). The SMILES string of the molecule is Nn1c(Cc2ccccc2F)nnc1SCC(=O)NC(c1ccc(F)cc1)c1cccs1. The van der Waals surface area contributed by atoms with E-state index < -0.39 is 6.04 Å². The van der Waals surface area contributed by atoms with Crippen LogP contribution >= 0.6 is 23.1 Å². The Balaban J connectivity index is 1.41. The lowest BCUT2D eigenvalue weighted by Gasteiger charge is -2.18. The van der Waals surface area contributed by atoms with Crippen LogP contribution in [0, 0.1) is 11.6 Å². The lowest BCUT2D eigenvalue weighted by atomic mass is 10.1. The number of carbonyl (C=O) groups excluding carboxylic acids is 1. The summed E-state index contributed by atoms with van der Waals surface area (Å²) in [6, 6.07) is 15.8. The lowest BCUT2D eigenvalue weighted by Crippen LogP contribution is -2.30. The highest BCUT2D eigenvalue weighted by Gasteiger charge is 2.19. The number of nitrogen functional groups attached to an aromatic ring is 1. The van der Waals surface area contributed by atoms with Crippen LogP contribution in [0.5, 0.6) is 0 Å². The number of nitrogens with zero attached hydrogens (tertiary/aromatic N) is 3. The molecule has 0 aliphatic carbocycles. The van der Waals surface area contributed by atoms with Crippen molar-refractivity contribution in [2.75, 3.05) is 11.6 Å². The number of amides is 1. The van der Waals surface area contributed by atoms with Gasteiger partial charge in [0.1, 0.15) is 11.6 Å². The van der Waals surface area contributed by atoms with Crippen molar-refractivity contribution in [2.45, 2.75) is 17.6 Å². The molecule has 0 saturated carbocycles. The zero-order chi connectivity index (χ0) is 22.5. The van der Waals surface area contributed by atoms with Crippen LogP contribution in [0.2, 0.25) is 0 Å². The van der Waals surface area contributed by atoms with Gasteiger partial charge in [-0.3, -0.25) is 4.79 Å². The molecular weight excluding hydrogens is 452 g/mol. The van der Waals surface area contributed by atoms with Gasteiger partial charge in [-0.1, -0.05) is 48.2 Å². The maximum Gasteiger partial charge on any atom is 0.231 e. The number of hydrogen-bond acceptors (Lipinski definition) is 6. The number of nitrogens with one attached hydrogen (secondary N) is 1. The molecule has 0 fully saturated rings. The van der Waals surface area contributed by atoms with Crippen LogP contribution in [0.3, 0.4) is 0 Å². The summed E-state index contributed by atoms with van der Waals surface area (Å²) in [7, 11) is 0. The maximum atomic E-state index is 13.9. The van der Waals surface area contributed by atoms with Gasteiger partial charge < -0.3 is 11.2 Å². The smallest absolute Gasteiger partial charge is 0.231 e. The summed E-state index contributed by atoms with van der Waals surface area (Å²) >= 11 is 2.63. The molecule has 2 heterocycles. The molecule has 0 radical (unpaired) electrons. The number of thiophene rings is 1. The Morgan fingerprint density at radius 1 is 1.09 bits per heavy atom. The Bertz CT molecular complexity index is 1200. The van der Waals surface area contributed by atoms with Gasteiger partial charge in [-0.15, -0.1) is 21.5 Å². The van der Waals surface area contributed by atoms with Crippen molar-refractivity contribution in [1.82, 2.24) is 20.2 Å². The van der Waals surface area contributed by atoms with Gasteiger partial charge in [-0.05, 0) is 40.8 Å². The van der Waals surface area contributed by atoms with Crippen LogP contribution in [-0.2, 0) is 11.2 Å². The number of carbonyl (C=O) groups is 1. The topological polar surface area (TPSA) is 85.8 Å². The quantitative estimate of drug-likeness (QED) is 0.301. The Hall–Kier alpha value is -3.24. The molecule has 3 N–H and O–H groups in total. The number of nitrogens with two attached hydrogens (primary N) is 1. The fourth-order valence-electron chi connectivity index (χ4n) is 3.10. The zero-order valence-electron chi connectivity index (χ0n) is 16.7. The molecule has 1 atom stereocenters. The first-order valence-corrected chi connectivity index (χ1v) is 11.5. The van der Waals surface area contributed by atoms with Gasteiger partial charge in [0, 0.05) is 11.3 Å². The minimum Gasteiger partial charge on any atom is -0.344 e. The minimum atomic E-state index is -0.393. The molecule has 164 valence electrons. The van der Waals surface area contributed by atoms with E-state index in [1.807, 2.05) is 17.5 Å². The Kier molecular flexibility index (Phi) is 6.81. The molecule has 2 aromatic heterocycles. The monoisotopic (exact) mass is 471 g/mol. The van der Waals surface area contributed by atoms with E-state index in [1.165, 1.54) is 34.2 Å². The van der Waals surface area contributed by atoms with E-state index in [0.29, 0.717) is 16.5 Å². The fraction of sp³-hybridized carbons (Fsp3) is 0.136. The van der Waals surface area contributed by atoms with E-state index in [4.69, 9.17) is 5.84 Å². The van der Waals surface area contributed by atoms with Crippen molar-refractivity contribution in [3.05, 3.63) is 99.5 Å². The van der Waals surface area contributed by atoms with Gasteiger partial charge in [0.15, 0.2) is 5.82 Å². The molecule has 2 aromatic carbocycles. The number of rotatable bonds is 8. The molecular formula is C22H19F2N5OS2. The zero-order valence-corrected chi connectivity index (χ0v) is 18.4. The average Bonchev–Trinajstić information content (AvgIpc) is 3.44. The predicted molar refractivity (Wildman–Crippen MR) is 121 cm³/mol. The summed E-state index contributed by atoms with van der Waals surface area (Å²) in [6.45, 7) is 0. The largest absolute Gasteiger partial charge is 0.344 e. The second-order valence-electron chi connectivity index (χ2n) is 6.89. The summed E-state index contributed by atoms with van der Waals surface area (Å²) in [5.74, 6) is 5.58. The third kappa shape index (κ3) is 5.14. The Labute approximate surface area is 191 Å². The minimum absolute atomic E-state index is 0.0537. The van der Waals surface area contributed by atoms with E-state index in [9.17, 15) is 13.6 Å². The van der Waals surface area contributed by atoms with E-state index in [-0.39, 0.29) is 29.7 Å². The highest BCUT2D eigenvalue weighted by atomic mass is 32.2. The lowest BCUT2D eigenvalue weighted by molar-refractivity contribution is -0.119. The highest BCUT2D eigenvalue weighted by molar-refractivity contribution is 7.99. The van der Waals surface area contributed by atoms with Crippen LogP contribution in [0.15, 0.2) is 71.2 Å². The van der Waals surface area contributed by atoms with Crippen LogP contribution in [0.4, 0.5) is 8.78 Å². The third-order valence-corrected chi connectivity index (χ3v) is 6.59. The van der Waals surface area contributed by atoms with Gasteiger partial charge in [0.2, 0.25) is 11.1 Å². The summed E-state index contributed by atoms with van der Waals surface area (Å²) in [6.07, 6.45) is 0.188. The van der Waals surface area contributed by atoms with Gasteiger partial charge in [-0.25, -0.2) is 13.5 Å². The number of thioether (sulfide) groups is 1. The number of halogens is 2. The van der Waals surface area contributed by atoms with Gasteiger partial charge in [0.05, 0.1) is 11.8 Å². The molecule has 0 aliphatic heterocycles. The second-order valence-corrected chi connectivity index (χ2v) is 8.81. The van der Waals surface area contributed by atoms with Crippen molar-refractivity contribution >= 4 is 29.0 Å². The summed E-state index contributed by atoms with van der Waals surface area (Å²) < 4.78 is 28.5. The van der Waals surface area contributed by atoms with E-state index in [1.54, 1.807) is 30.3 Å². The first-order valence-electron chi connectivity index (χ1n) is 9.65. The van der Waals surface area contributed by atoms with Crippen molar-refractivity contribution in [3.63, 3.8) is 0 Å². The molecule has 0 saturated heterocycles.